The molecule has 0 saturated carbocycles. The molecular weight excluding hydrogens is 244 g/mol. The Morgan fingerprint density at radius 2 is 2.16 bits per heavy atom. The first kappa shape index (κ1) is 13.8. The Balaban J connectivity index is 1.83. The van der Waals surface area contributed by atoms with E-state index in [-0.39, 0.29) is 5.78 Å². The molecule has 0 unspecified atom stereocenters. The molecule has 1 saturated heterocycles. The van der Waals surface area contributed by atoms with E-state index in [1.807, 2.05) is 0 Å². The van der Waals surface area contributed by atoms with Gasteiger partial charge in [-0.15, -0.1) is 0 Å². The van der Waals surface area contributed by atoms with Crippen molar-refractivity contribution in [1.82, 2.24) is 4.90 Å². The average molecular weight is 264 g/mol. The molecule has 0 bridgehead atoms. The Bertz CT molecular complexity index is 442. The number of carbonyl (C=O) groups excluding carboxylic acids is 1. The average Bonchev–Trinajstić information content (AvgIpc) is 2.41. The molecule has 5 nitrogen and oxygen atoms in total. The zero-order valence-electron chi connectivity index (χ0n) is 11.2. The molecule has 0 spiro atoms. The minimum absolute atomic E-state index is 0.00608. The van der Waals surface area contributed by atoms with Crippen molar-refractivity contribution < 1.29 is 14.3 Å². The van der Waals surface area contributed by atoms with Crippen molar-refractivity contribution in [2.45, 2.75) is 6.92 Å². The molecule has 1 aromatic carbocycles. The van der Waals surface area contributed by atoms with Gasteiger partial charge in [0.25, 0.3) is 0 Å². The number of benzene rings is 1. The summed E-state index contributed by atoms with van der Waals surface area (Å²) in [6, 6.07) is 5.15. The zero-order valence-corrected chi connectivity index (χ0v) is 11.2. The first-order chi connectivity index (χ1) is 9.16. The molecule has 5 heteroatoms. The van der Waals surface area contributed by atoms with E-state index < -0.39 is 0 Å². The standard InChI is InChI=1S/C14H20N2O3/c1-11(17)12-2-3-14(13(15)10-12)19-9-6-16-4-7-18-8-5-16/h2-3,10H,4-9,15H2,1H3. The molecule has 1 aliphatic heterocycles. The Labute approximate surface area is 113 Å². The van der Waals surface area contributed by atoms with Crippen molar-refractivity contribution in [1.29, 1.82) is 0 Å². The maximum absolute atomic E-state index is 11.2. The lowest BCUT2D eigenvalue weighted by atomic mass is 10.1. The van der Waals surface area contributed by atoms with Gasteiger partial charge in [-0.3, -0.25) is 9.69 Å². The third-order valence-corrected chi connectivity index (χ3v) is 3.19. The zero-order chi connectivity index (χ0) is 13.7. The Hall–Kier alpha value is -1.59. The van der Waals surface area contributed by atoms with E-state index in [1.54, 1.807) is 18.2 Å². The number of Topliss-reactive ketones (excluding diaryl/α,β-unsaturated/α-hetero) is 1. The summed E-state index contributed by atoms with van der Waals surface area (Å²) in [7, 11) is 0. The molecule has 0 radical (unpaired) electrons. The summed E-state index contributed by atoms with van der Waals surface area (Å²) in [5.41, 5.74) is 6.99. The molecule has 2 N–H and O–H groups in total. The van der Waals surface area contributed by atoms with Gasteiger partial charge in [0, 0.05) is 25.2 Å². The Morgan fingerprint density at radius 1 is 1.42 bits per heavy atom. The van der Waals surface area contributed by atoms with Gasteiger partial charge in [-0.05, 0) is 25.1 Å². The van der Waals surface area contributed by atoms with E-state index >= 15 is 0 Å². The van der Waals surface area contributed by atoms with E-state index in [0.29, 0.717) is 23.6 Å². The van der Waals surface area contributed by atoms with Crippen LogP contribution in [-0.2, 0) is 4.74 Å². The van der Waals surface area contributed by atoms with Crippen LogP contribution >= 0.6 is 0 Å². The van der Waals surface area contributed by atoms with Gasteiger partial charge in [0.15, 0.2) is 5.78 Å². The lowest BCUT2D eigenvalue weighted by Crippen LogP contribution is -2.38. The van der Waals surface area contributed by atoms with Crippen LogP contribution in [0.2, 0.25) is 0 Å². The van der Waals surface area contributed by atoms with Gasteiger partial charge >= 0.3 is 0 Å². The largest absolute Gasteiger partial charge is 0.490 e. The van der Waals surface area contributed by atoms with Crippen LogP contribution in [0.1, 0.15) is 17.3 Å². The Kier molecular flexibility index (Phi) is 4.76. The number of hydrogen-bond donors (Lipinski definition) is 1. The van der Waals surface area contributed by atoms with Crippen LogP contribution in [0.5, 0.6) is 5.75 Å². The fourth-order valence-corrected chi connectivity index (χ4v) is 2.01. The van der Waals surface area contributed by atoms with Crippen LogP contribution in [0.4, 0.5) is 5.69 Å². The third-order valence-electron chi connectivity index (χ3n) is 3.19. The summed E-state index contributed by atoms with van der Waals surface area (Å²) >= 11 is 0. The molecule has 2 rings (SSSR count). The number of nitrogen functional groups attached to an aromatic ring is 1. The fraction of sp³-hybridized carbons (Fsp3) is 0.500. The molecule has 0 amide bonds. The van der Waals surface area contributed by atoms with Gasteiger partial charge in [0.05, 0.1) is 18.9 Å². The third kappa shape index (κ3) is 3.94. The summed E-state index contributed by atoms with van der Waals surface area (Å²) in [6.45, 7) is 6.43. The van der Waals surface area contributed by atoms with Crippen molar-refractivity contribution in [3.05, 3.63) is 23.8 Å². The second-order valence-electron chi connectivity index (χ2n) is 4.61. The van der Waals surface area contributed by atoms with Gasteiger partial charge in [-0.2, -0.15) is 0 Å². The highest BCUT2D eigenvalue weighted by molar-refractivity contribution is 5.95. The maximum Gasteiger partial charge on any atom is 0.159 e. The van der Waals surface area contributed by atoms with Crippen molar-refractivity contribution >= 4 is 11.5 Å². The highest BCUT2D eigenvalue weighted by Gasteiger charge is 2.10. The van der Waals surface area contributed by atoms with Crippen molar-refractivity contribution in [2.24, 2.45) is 0 Å². The highest BCUT2D eigenvalue weighted by atomic mass is 16.5. The second-order valence-corrected chi connectivity index (χ2v) is 4.61. The van der Waals surface area contributed by atoms with Gasteiger partial charge in [-0.25, -0.2) is 0 Å². The summed E-state index contributed by atoms with van der Waals surface area (Å²) in [5, 5.41) is 0. The summed E-state index contributed by atoms with van der Waals surface area (Å²) in [5.74, 6) is 0.643. The lowest BCUT2D eigenvalue weighted by molar-refractivity contribution is 0.0323. The van der Waals surface area contributed by atoms with Gasteiger partial charge in [-0.1, -0.05) is 0 Å². The van der Waals surface area contributed by atoms with Gasteiger partial charge in [0.1, 0.15) is 12.4 Å². The number of ketones is 1. The van der Waals surface area contributed by atoms with Crippen LogP contribution in [0, 0.1) is 0 Å². The first-order valence-electron chi connectivity index (χ1n) is 6.50. The van der Waals surface area contributed by atoms with Crippen molar-refractivity contribution in [3.8, 4) is 5.75 Å². The molecule has 1 aliphatic rings. The number of nitrogens with zero attached hydrogens (tertiary/aromatic N) is 1. The van der Waals surface area contributed by atoms with E-state index in [0.717, 1.165) is 32.8 Å². The van der Waals surface area contributed by atoms with Crippen LogP contribution in [0.3, 0.4) is 0 Å². The molecular formula is C14H20N2O3. The van der Waals surface area contributed by atoms with E-state index in [1.165, 1.54) is 6.92 Å². The molecule has 0 aliphatic carbocycles. The fourth-order valence-electron chi connectivity index (χ4n) is 2.01. The quantitative estimate of drug-likeness (QED) is 0.639. The molecule has 0 aromatic heterocycles. The van der Waals surface area contributed by atoms with Crippen molar-refractivity contribution in [2.75, 3.05) is 45.2 Å². The molecule has 104 valence electrons. The summed E-state index contributed by atoms with van der Waals surface area (Å²) < 4.78 is 10.9. The number of morpholine rings is 1. The number of nitrogens with two attached hydrogens (primary N) is 1. The number of carbonyl (C=O) groups is 1. The minimum atomic E-state index is 0.00608. The second kappa shape index (κ2) is 6.54. The topological polar surface area (TPSA) is 64.8 Å². The number of anilines is 1. The van der Waals surface area contributed by atoms with Crippen LogP contribution in [0.15, 0.2) is 18.2 Å². The maximum atomic E-state index is 11.2. The normalized spacial score (nSPS) is 16.3. The molecule has 19 heavy (non-hydrogen) atoms. The first-order valence-corrected chi connectivity index (χ1v) is 6.50. The molecule has 1 fully saturated rings. The van der Waals surface area contributed by atoms with E-state index in [2.05, 4.69) is 4.90 Å². The van der Waals surface area contributed by atoms with E-state index in [4.69, 9.17) is 15.2 Å². The van der Waals surface area contributed by atoms with Gasteiger partial charge in [0.2, 0.25) is 0 Å². The summed E-state index contributed by atoms with van der Waals surface area (Å²) in [6.07, 6.45) is 0. The highest BCUT2D eigenvalue weighted by Crippen LogP contribution is 2.22. The van der Waals surface area contributed by atoms with Crippen molar-refractivity contribution in [3.63, 3.8) is 0 Å². The predicted molar refractivity (Wildman–Crippen MR) is 73.6 cm³/mol. The number of hydrogen-bond acceptors (Lipinski definition) is 5. The monoisotopic (exact) mass is 264 g/mol. The van der Waals surface area contributed by atoms with E-state index in [9.17, 15) is 4.79 Å². The molecule has 1 heterocycles. The number of rotatable bonds is 5. The smallest absolute Gasteiger partial charge is 0.159 e. The van der Waals surface area contributed by atoms with Crippen LogP contribution < -0.4 is 10.5 Å². The summed E-state index contributed by atoms with van der Waals surface area (Å²) in [4.78, 5) is 13.5. The minimum Gasteiger partial charge on any atom is -0.490 e. The SMILES string of the molecule is CC(=O)c1ccc(OCCN2CCOCC2)c(N)c1. The van der Waals surface area contributed by atoms with Crippen LogP contribution in [-0.4, -0.2) is 50.1 Å². The lowest BCUT2D eigenvalue weighted by Gasteiger charge is -2.26. The predicted octanol–water partition coefficient (Wildman–Crippen LogP) is 1.18. The molecule has 0 atom stereocenters. The molecule has 1 aromatic rings. The van der Waals surface area contributed by atoms with Crippen LogP contribution in [0.25, 0.3) is 0 Å². The van der Waals surface area contributed by atoms with Gasteiger partial charge < -0.3 is 15.2 Å². The Morgan fingerprint density at radius 3 is 2.79 bits per heavy atom. The number of ether oxygens (including phenoxy) is 2.